The van der Waals surface area contributed by atoms with E-state index in [4.69, 9.17) is 9.47 Å². The molecule has 0 spiro atoms. The topological polar surface area (TPSA) is 84.5 Å². The van der Waals surface area contributed by atoms with Crippen molar-refractivity contribution in [2.45, 2.75) is 12.6 Å². The van der Waals surface area contributed by atoms with Gasteiger partial charge in [-0.2, -0.15) is 0 Å². The molecule has 0 unspecified atom stereocenters. The third kappa shape index (κ3) is 4.18. The van der Waals surface area contributed by atoms with E-state index in [2.05, 4.69) is 14.9 Å². The van der Waals surface area contributed by atoms with Gasteiger partial charge in [-0.1, -0.05) is 12.1 Å². The van der Waals surface area contributed by atoms with E-state index < -0.39 is 5.97 Å². The van der Waals surface area contributed by atoms with Crippen LogP contribution >= 0.6 is 0 Å². The van der Waals surface area contributed by atoms with E-state index in [1.807, 2.05) is 0 Å². The van der Waals surface area contributed by atoms with Crippen molar-refractivity contribution in [1.29, 1.82) is 0 Å². The zero-order valence-electron chi connectivity index (χ0n) is 15.9. The number of morpholine rings is 1. The maximum Gasteiger partial charge on any atom is 0.337 e. The monoisotopic (exact) mass is 397 g/mol. The molecule has 2 aromatic carbocycles. The summed E-state index contributed by atoms with van der Waals surface area (Å²) >= 11 is 0. The lowest BCUT2D eigenvalue weighted by molar-refractivity contribution is -0.0336. The van der Waals surface area contributed by atoms with Crippen molar-refractivity contribution in [3.8, 4) is 0 Å². The highest BCUT2D eigenvalue weighted by Crippen LogP contribution is 2.23. The lowest BCUT2D eigenvalue weighted by atomic mass is 10.1. The minimum atomic E-state index is -0.481. The van der Waals surface area contributed by atoms with Gasteiger partial charge in [-0.05, 0) is 35.9 Å². The molecule has 8 heteroatoms. The molecule has 0 saturated carbocycles. The second-order valence-electron chi connectivity index (χ2n) is 6.88. The van der Waals surface area contributed by atoms with Gasteiger partial charge in [0.15, 0.2) is 0 Å². The molecule has 1 aliphatic heterocycles. The van der Waals surface area contributed by atoms with Crippen LogP contribution in [-0.2, 0) is 16.0 Å². The van der Waals surface area contributed by atoms with Gasteiger partial charge < -0.3 is 14.5 Å². The first-order chi connectivity index (χ1) is 14.0. The summed E-state index contributed by atoms with van der Waals surface area (Å²) in [7, 11) is 1.30. The molecule has 1 atom stereocenters. The van der Waals surface area contributed by atoms with Crippen LogP contribution in [0.2, 0.25) is 0 Å². The summed E-state index contributed by atoms with van der Waals surface area (Å²) < 4.78 is 23.7. The van der Waals surface area contributed by atoms with Gasteiger partial charge >= 0.3 is 5.97 Å². The van der Waals surface area contributed by atoms with E-state index in [9.17, 15) is 14.0 Å². The number of hydrogen-bond acceptors (Lipinski definition) is 6. The maximum atomic E-state index is 13.2. The van der Waals surface area contributed by atoms with Crippen LogP contribution in [0.5, 0.6) is 0 Å². The first-order valence-electron chi connectivity index (χ1n) is 9.24. The van der Waals surface area contributed by atoms with Crippen LogP contribution in [0.4, 0.5) is 4.39 Å². The largest absolute Gasteiger partial charge is 0.465 e. The zero-order valence-corrected chi connectivity index (χ0v) is 15.9. The van der Waals surface area contributed by atoms with E-state index >= 15 is 0 Å². The van der Waals surface area contributed by atoms with Crippen LogP contribution in [-0.4, -0.2) is 47.6 Å². The number of esters is 1. The molecule has 0 bridgehead atoms. The molecule has 7 nitrogen and oxygen atoms in total. The number of aromatic amines is 1. The number of aromatic nitrogens is 2. The lowest BCUT2D eigenvalue weighted by Gasteiger charge is -2.32. The molecular formula is C21H20FN3O4. The lowest BCUT2D eigenvalue weighted by Crippen LogP contribution is -2.38. The summed E-state index contributed by atoms with van der Waals surface area (Å²) in [5, 5.41) is 0.410. The van der Waals surface area contributed by atoms with E-state index in [-0.39, 0.29) is 17.5 Å². The molecule has 1 N–H and O–H groups in total. The average molecular weight is 397 g/mol. The van der Waals surface area contributed by atoms with Crippen molar-refractivity contribution in [2.75, 3.05) is 26.8 Å². The van der Waals surface area contributed by atoms with E-state index in [1.165, 1.54) is 19.2 Å². The van der Waals surface area contributed by atoms with Gasteiger partial charge in [0.2, 0.25) is 0 Å². The Morgan fingerprint density at radius 2 is 2.10 bits per heavy atom. The number of methoxy groups -OCH3 is 1. The average Bonchev–Trinajstić information content (AvgIpc) is 2.73. The Morgan fingerprint density at radius 1 is 1.31 bits per heavy atom. The number of rotatable bonds is 4. The van der Waals surface area contributed by atoms with Gasteiger partial charge in [0, 0.05) is 13.1 Å². The smallest absolute Gasteiger partial charge is 0.337 e. The summed E-state index contributed by atoms with van der Waals surface area (Å²) in [6, 6.07) is 10.9. The third-order valence-electron chi connectivity index (χ3n) is 4.94. The molecular weight excluding hydrogens is 377 g/mol. The molecule has 2 heterocycles. The molecule has 1 saturated heterocycles. The van der Waals surface area contributed by atoms with Gasteiger partial charge in [0.1, 0.15) is 11.6 Å². The van der Waals surface area contributed by atoms with Gasteiger partial charge in [0.25, 0.3) is 5.56 Å². The number of fused-ring (bicyclic) bond motifs is 1. The predicted molar refractivity (Wildman–Crippen MR) is 104 cm³/mol. The minimum Gasteiger partial charge on any atom is -0.465 e. The highest BCUT2D eigenvalue weighted by molar-refractivity contribution is 5.93. The Hall–Kier alpha value is -3.10. The Bertz CT molecular complexity index is 1100. The number of nitrogens with one attached hydrogen (secondary N) is 1. The van der Waals surface area contributed by atoms with Crippen molar-refractivity contribution in [1.82, 2.24) is 14.9 Å². The van der Waals surface area contributed by atoms with Crippen molar-refractivity contribution < 1.29 is 18.7 Å². The quantitative estimate of drug-likeness (QED) is 0.681. The summed E-state index contributed by atoms with van der Waals surface area (Å²) in [5.41, 5.74) is 1.42. The Balaban J connectivity index is 1.55. The number of nitrogens with zero attached hydrogens (tertiary/aromatic N) is 2. The zero-order chi connectivity index (χ0) is 20.4. The number of carbonyl (C=O) groups is 1. The first kappa shape index (κ1) is 19.2. The standard InChI is InChI=1S/C21H20FN3O4/c1-28-21(27)14-4-7-16-17(10-14)23-19(24-20(16)26)12-25-8-9-29-18(11-25)13-2-5-15(22)6-3-13/h2-7,10,18H,8-9,11-12H2,1H3,(H,23,24,26)/t18-/m0/s1. The van der Waals surface area contributed by atoms with Crippen LogP contribution in [0.1, 0.15) is 27.8 Å². The van der Waals surface area contributed by atoms with E-state index in [0.717, 1.165) is 5.56 Å². The number of H-pyrrole nitrogens is 1. The summed E-state index contributed by atoms with van der Waals surface area (Å²) in [6.07, 6.45) is -0.178. The van der Waals surface area contributed by atoms with Crippen molar-refractivity contribution >= 4 is 16.9 Å². The predicted octanol–water partition coefficient (Wildman–Crippen LogP) is 2.42. The van der Waals surface area contributed by atoms with Crippen molar-refractivity contribution in [3.05, 3.63) is 75.6 Å². The molecule has 1 aliphatic rings. The van der Waals surface area contributed by atoms with Gasteiger partial charge in [-0.3, -0.25) is 9.69 Å². The van der Waals surface area contributed by atoms with Gasteiger partial charge in [-0.25, -0.2) is 14.2 Å². The molecule has 0 aliphatic carbocycles. The van der Waals surface area contributed by atoms with Crippen LogP contribution in [0.15, 0.2) is 47.3 Å². The van der Waals surface area contributed by atoms with Crippen LogP contribution in [0, 0.1) is 5.82 Å². The molecule has 1 aromatic heterocycles. The highest BCUT2D eigenvalue weighted by atomic mass is 19.1. The Morgan fingerprint density at radius 3 is 2.86 bits per heavy atom. The summed E-state index contributed by atoms with van der Waals surface area (Å²) in [5.74, 6) is -0.263. The fraction of sp³-hybridized carbons (Fsp3) is 0.286. The second-order valence-corrected chi connectivity index (χ2v) is 6.88. The third-order valence-corrected chi connectivity index (χ3v) is 4.94. The number of ether oxygens (including phenoxy) is 2. The number of hydrogen-bond donors (Lipinski definition) is 1. The van der Waals surface area contributed by atoms with Crippen molar-refractivity contribution in [2.24, 2.45) is 0 Å². The van der Waals surface area contributed by atoms with Crippen molar-refractivity contribution in [3.63, 3.8) is 0 Å². The fourth-order valence-electron chi connectivity index (χ4n) is 3.44. The van der Waals surface area contributed by atoms with E-state index in [0.29, 0.717) is 48.5 Å². The second kappa shape index (κ2) is 8.10. The summed E-state index contributed by atoms with van der Waals surface area (Å²) in [4.78, 5) is 33.6. The van der Waals surface area contributed by atoms with Crippen LogP contribution in [0.3, 0.4) is 0 Å². The summed E-state index contributed by atoms with van der Waals surface area (Å²) in [6.45, 7) is 2.22. The van der Waals surface area contributed by atoms with Gasteiger partial charge in [0.05, 0.1) is 42.8 Å². The number of halogens is 1. The highest BCUT2D eigenvalue weighted by Gasteiger charge is 2.23. The maximum absolute atomic E-state index is 13.2. The Labute approximate surface area is 166 Å². The first-order valence-corrected chi connectivity index (χ1v) is 9.24. The molecule has 29 heavy (non-hydrogen) atoms. The molecule has 0 radical (unpaired) electrons. The van der Waals surface area contributed by atoms with Crippen LogP contribution < -0.4 is 5.56 Å². The SMILES string of the molecule is COC(=O)c1ccc2c(=O)[nH]c(CN3CCO[C@H](c4ccc(F)cc4)C3)nc2c1. The molecule has 3 aromatic rings. The van der Waals surface area contributed by atoms with Crippen LogP contribution in [0.25, 0.3) is 10.9 Å². The molecule has 1 fully saturated rings. The number of carbonyl (C=O) groups excluding carboxylic acids is 1. The Kier molecular flexibility index (Phi) is 5.37. The minimum absolute atomic E-state index is 0.178. The fourth-order valence-corrected chi connectivity index (χ4v) is 3.44. The number of benzene rings is 2. The molecule has 0 amide bonds. The van der Waals surface area contributed by atoms with Gasteiger partial charge in [-0.15, -0.1) is 0 Å². The van der Waals surface area contributed by atoms with E-state index in [1.54, 1.807) is 30.3 Å². The molecule has 4 rings (SSSR count). The molecule has 150 valence electrons. The normalized spacial score (nSPS) is 17.4.